The van der Waals surface area contributed by atoms with E-state index in [0.29, 0.717) is 19.0 Å². The van der Waals surface area contributed by atoms with Crippen LogP contribution >= 0.6 is 0 Å². The number of hydrogen-bond acceptors (Lipinski definition) is 5. The molecule has 3 heterocycles. The number of amides is 1. The molecule has 0 radical (unpaired) electrons. The lowest BCUT2D eigenvalue weighted by Gasteiger charge is -2.33. The van der Waals surface area contributed by atoms with Crippen molar-refractivity contribution in [3.8, 4) is 0 Å². The minimum atomic E-state index is -0.522. The summed E-state index contributed by atoms with van der Waals surface area (Å²) in [4.78, 5) is 24.0. The smallest absolute Gasteiger partial charge is 0.312 e. The Labute approximate surface area is 255 Å². The zero-order valence-electron chi connectivity index (χ0n) is 26.1. The van der Waals surface area contributed by atoms with E-state index in [9.17, 15) is 9.90 Å². The molecule has 3 aromatic rings. The fraction of sp³-hybridized carbons (Fsp3) is 0.457. The van der Waals surface area contributed by atoms with E-state index in [1.165, 1.54) is 22.3 Å². The fourth-order valence-electron chi connectivity index (χ4n) is 6.82. The normalized spacial score (nSPS) is 18.9. The van der Waals surface area contributed by atoms with Crippen LogP contribution < -0.4 is 0 Å². The van der Waals surface area contributed by atoms with Crippen LogP contribution in [-0.2, 0) is 4.79 Å². The van der Waals surface area contributed by atoms with E-state index in [4.69, 9.17) is 10.1 Å². The lowest BCUT2D eigenvalue weighted by molar-refractivity contribution is -0.401. The lowest BCUT2D eigenvalue weighted by Crippen LogP contribution is -2.43. The molecule has 0 bridgehead atoms. The van der Waals surface area contributed by atoms with Crippen molar-refractivity contribution in [1.29, 1.82) is 0 Å². The maximum absolute atomic E-state index is 13.0. The number of aromatic nitrogens is 3. The second kappa shape index (κ2) is 13.2. The summed E-state index contributed by atoms with van der Waals surface area (Å²) < 4.78 is 3.82. The molecule has 1 fully saturated rings. The van der Waals surface area contributed by atoms with Crippen LogP contribution in [0.3, 0.4) is 0 Å². The molecular formula is C35H45N6O2+. The second-order valence-corrected chi connectivity index (χ2v) is 12.3. The zero-order valence-corrected chi connectivity index (χ0v) is 26.1. The van der Waals surface area contributed by atoms with Crippen molar-refractivity contribution in [3.63, 3.8) is 0 Å². The highest BCUT2D eigenvalue weighted by atomic mass is 16.3. The van der Waals surface area contributed by atoms with Crippen LogP contribution in [-0.4, -0.2) is 81.8 Å². The molecule has 1 amide bonds. The molecule has 2 atom stereocenters. The first-order valence-electron chi connectivity index (χ1n) is 15.4. The predicted molar refractivity (Wildman–Crippen MR) is 174 cm³/mol. The number of nitrogens with zero attached hydrogens (tertiary/aromatic N) is 6. The number of allylic oxidation sites excluding steroid dienone is 4. The van der Waals surface area contributed by atoms with Gasteiger partial charge in [0.15, 0.2) is 0 Å². The average Bonchev–Trinajstić information content (AvgIpc) is 3.40. The van der Waals surface area contributed by atoms with Crippen LogP contribution in [0.5, 0.6) is 0 Å². The van der Waals surface area contributed by atoms with Gasteiger partial charge in [-0.1, -0.05) is 58.5 Å². The number of aliphatic hydroxyl groups is 1. The highest BCUT2D eigenvalue weighted by Gasteiger charge is 2.33. The molecule has 0 saturated carbocycles. The third kappa shape index (κ3) is 6.25. The number of rotatable bonds is 8. The minimum Gasteiger partial charge on any atom is -0.395 e. The van der Waals surface area contributed by atoms with Gasteiger partial charge >= 0.3 is 5.82 Å². The minimum absolute atomic E-state index is 0.0471. The van der Waals surface area contributed by atoms with Gasteiger partial charge in [-0.2, -0.15) is 0 Å². The van der Waals surface area contributed by atoms with Crippen molar-refractivity contribution in [2.45, 2.75) is 58.8 Å². The number of aliphatic hydroxyl groups excluding tert-OH is 1. The summed E-state index contributed by atoms with van der Waals surface area (Å²) in [5.41, 5.74) is 9.34. The van der Waals surface area contributed by atoms with E-state index in [0.717, 1.165) is 60.4 Å². The molecule has 2 aliphatic rings. The van der Waals surface area contributed by atoms with E-state index in [1.54, 1.807) is 0 Å². The van der Waals surface area contributed by atoms with Gasteiger partial charge in [0.1, 0.15) is 0 Å². The van der Waals surface area contributed by atoms with Crippen molar-refractivity contribution in [3.05, 3.63) is 70.6 Å². The summed E-state index contributed by atoms with van der Waals surface area (Å²) in [5, 5.41) is 14.5. The third-order valence-electron chi connectivity index (χ3n) is 9.04. The number of piperidine rings is 1. The molecule has 1 saturated heterocycles. The van der Waals surface area contributed by atoms with Gasteiger partial charge in [-0.3, -0.25) is 4.79 Å². The Morgan fingerprint density at radius 2 is 1.95 bits per heavy atom. The van der Waals surface area contributed by atoms with Crippen LogP contribution in [0.4, 0.5) is 5.82 Å². The van der Waals surface area contributed by atoms with Crippen molar-refractivity contribution >= 4 is 42.0 Å². The molecule has 8 heteroatoms. The Balaban J connectivity index is 1.45. The predicted octanol–water partition coefficient (Wildman–Crippen LogP) is 5.62. The Kier molecular flexibility index (Phi) is 9.35. The highest BCUT2D eigenvalue weighted by molar-refractivity contribution is 5.80. The third-order valence-corrected chi connectivity index (χ3v) is 9.04. The van der Waals surface area contributed by atoms with Crippen LogP contribution in [0.15, 0.2) is 47.6 Å². The maximum Gasteiger partial charge on any atom is 0.312 e. The molecule has 2 aromatic heterocycles. The Morgan fingerprint density at radius 3 is 2.63 bits per heavy atom. The molecule has 43 heavy (non-hydrogen) atoms. The number of carbonyl (C=O) groups is 1. The van der Waals surface area contributed by atoms with Gasteiger partial charge in [0.2, 0.25) is 5.91 Å². The topological polar surface area (TPSA) is 86.1 Å². The van der Waals surface area contributed by atoms with Crippen molar-refractivity contribution in [1.82, 2.24) is 19.5 Å². The highest BCUT2D eigenvalue weighted by Crippen LogP contribution is 2.38. The summed E-state index contributed by atoms with van der Waals surface area (Å²) in [5.74, 6) is 0.925. The molecule has 8 nitrogen and oxygen atoms in total. The monoisotopic (exact) mass is 581 g/mol. The molecule has 1 aliphatic carbocycles. The number of aryl methyl sites for hydroxylation is 1. The summed E-state index contributed by atoms with van der Waals surface area (Å²) in [6.45, 7) is 15.6. The summed E-state index contributed by atoms with van der Waals surface area (Å²) in [6, 6.07) is 8.81. The largest absolute Gasteiger partial charge is 0.395 e. The molecule has 226 valence electrons. The Hall–Kier alpha value is -3.91. The van der Waals surface area contributed by atoms with E-state index in [2.05, 4.69) is 75.6 Å². The molecule has 0 spiro atoms. The van der Waals surface area contributed by atoms with Crippen molar-refractivity contribution < 1.29 is 14.5 Å². The van der Waals surface area contributed by atoms with Crippen molar-refractivity contribution in [2.24, 2.45) is 16.8 Å². The summed E-state index contributed by atoms with van der Waals surface area (Å²) in [7, 11) is 1.95. The summed E-state index contributed by atoms with van der Waals surface area (Å²) in [6.07, 6.45) is 11.2. The molecule has 5 rings (SSSR count). The van der Waals surface area contributed by atoms with Crippen molar-refractivity contribution in [2.75, 3.05) is 33.3 Å². The SMILES string of the molecule is C=NCC(CO)C(=O)N1CCC(c2nc3c(C4=CCCC=C(c5cccc(C)c5)C(C)C4)cnn3c([N+](=C)C)c2C)CC1. The lowest BCUT2D eigenvalue weighted by atomic mass is 9.84. The molecule has 1 N–H and O–H groups in total. The fourth-order valence-corrected chi connectivity index (χ4v) is 6.82. The number of carbonyl (C=O) groups excluding carboxylic acids is 1. The van der Waals surface area contributed by atoms with E-state index in [-0.39, 0.29) is 25.0 Å². The number of likely N-dealkylation sites (tertiary alicyclic amines) is 1. The van der Waals surface area contributed by atoms with E-state index >= 15 is 0 Å². The van der Waals surface area contributed by atoms with Crippen LogP contribution in [0, 0.1) is 25.7 Å². The number of fused-ring (bicyclic) bond motifs is 1. The van der Waals surface area contributed by atoms with Gasteiger partial charge in [0.05, 0.1) is 55.9 Å². The van der Waals surface area contributed by atoms with Gasteiger partial charge in [-0.15, -0.1) is 0 Å². The van der Waals surface area contributed by atoms with Gasteiger partial charge in [0, 0.05) is 19.0 Å². The standard InChI is InChI=1S/C35H45N6O2/c1-23-10-9-12-27(18-23)30-13-8-7-11-28(19-24(30)2)31-21-37-41-33(31)38-32(25(3)34(41)39(5)6)26-14-16-40(17-15-26)35(43)29(22-42)20-36-4/h9-13,18,21,24,26,29,42H,4-5,7-8,14-17,19-20,22H2,1-3,6H3/q+1. The first kappa shape index (κ1) is 30.5. The zero-order chi connectivity index (χ0) is 30.7. The first-order valence-corrected chi connectivity index (χ1v) is 15.4. The molecule has 2 unspecified atom stereocenters. The van der Waals surface area contributed by atoms with Crippen LogP contribution in [0.2, 0.25) is 0 Å². The molecular weight excluding hydrogens is 536 g/mol. The Bertz CT molecular complexity index is 1590. The first-order chi connectivity index (χ1) is 20.7. The van der Waals surface area contributed by atoms with Gasteiger partial charge in [-0.05, 0) is 75.3 Å². The molecule has 1 aromatic carbocycles. The number of hydrogen-bond donors (Lipinski definition) is 1. The quantitative estimate of drug-likeness (QED) is 0.276. The molecule has 1 aliphatic heterocycles. The number of aliphatic imine (C=N–C) groups is 1. The number of benzene rings is 1. The van der Waals surface area contributed by atoms with E-state index < -0.39 is 5.92 Å². The van der Waals surface area contributed by atoms with Crippen LogP contribution in [0.1, 0.15) is 72.9 Å². The second-order valence-electron chi connectivity index (χ2n) is 12.3. The van der Waals surface area contributed by atoms with Gasteiger partial charge in [0.25, 0.3) is 5.65 Å². The maximum atomic E-state index is 13.0. The van der Waals surface area contributed by atoms with Crippen LogP contribution in [0.25, 0.3) is 16.8 Å². The average molecular weight is 582 g/mol. The van der Waals surface area contributed by atoms with E-state index in [1.807, 2.05) is 27.2 Å². The summed E-state index contributed by atoms with van der Waals surface area (Å²) >= 11 is 0. The van der Waals surface area contributed by atoms with Gasteiger partial charge in [-0.25, -0.2) is 9.56 Å². The van der Waals surface area contributed by atoms with Gasteiger partial charge < -0.3 is 15.0 Å². The Morgan fingerprint density at radius 1 is 1.21 bits per heavy atom.